The van der Waals surface area contributed by atoms with Crippen LogP contribution in [0.3, 0.4) is 0 Å². The van der Waals surface area contributed by atoms with E-state index in [-0.39, 0.29) is 12.4 Å². The van der Waals surface area contributed by atoms with Crippen molar-refractivity contribution in [2.45, 2.75) is 38.1 Å². The molecule has 4 nitrogen and oxygen atoms in total. The van der Waals surface area contributed by atoms with Crippen molar-refractivity contribution in [3.05, 3.63) is 11.7 Å². The van der Waals surface area contributed by atoms with Crippen LogP contribution in [0.2, 0.25) is 0 Å². The molecule has 0 atom stereocenters. The Morgan fingerprint density at radius 2 is 2.08 bits per heavy atom. The summed E-state index contributed by atoms with van der Waals surface area (Å²) in [5.74, 6) is 1.93. The quantitative estimate of drug-likeness (QED) is 0.793. The Morgan fingerprint density at radius 3 is 2.62 bits per heavy atom. The van der Waals surface area contributed by atoms with E-state index in [1.165, 1.54) is 25.7 Å². The molecule has 0 amide bonds. The van der Waals surface area contributed by atoms with E-state index in [0.717, 1.165) is 5.82 Å². The number of nitrogens with two attached hydrogens (primary N) is 1. The van der Waals surface area contributed by atoms with Crippen molar-refractivity contribution in [3.63, 3.8) is 0 Å². The second-order valence-corrected chi connectivity index (χ2v) is 3.23. The van der Waals surface area contributed by atoms with Gasteiger partial charge in [0.15, 0.2) is 5.82 Å². The molecule has 1 aliphatic rings. The molecule has 74 valence electrons. The summed E-state index contributed by atoms with van der Waals surface area (Å²) in [6.45, 7) is 0.347. The van der Waals surface area contributed by atoms with E-state index in [4.69, 9.17) is 10.3 Å². The Balaban J connectivity index is 0.000000845. The van der Waals surface area contributed by atoms with Crippen molar-refractivity contribution < 1.29 is 4.52 Å². The molecule has 13 heavy (non-hydrogen) atoms. The summed E-state index contributed by atoms with van der Waals surface area (Å²) in [7, 11) is 0. The minimum Gasteiger partial charge on any atom is -0.338 e. The smallest absolute Gasteiger partial charge is 0.240 e. The predicted molar refractivity (Wildman–Crippen MR) is 50.6 cm³/mol. The lowest BCUT2D eigenvalue weighted by Gasteiger charge is -1.99. The molecular weight excluding hydrogens is 190 g/mol. The normalized spacial score (nSPS) is 17.3. The average Bonchev–Trinajstić information content (AvgIpc) is 2.75. The summed E-state index contributed by atoms with van der Waals surface area (Å²) in [4.78, 5) is 4.21. The molecule has 1 heterocycles. The molecule has 1 saturated carbocycles. The average molecular weight is 204 g/mol. The topological polar surface area (TPSA) is 64.9 Å². The van der Waals surface area contributed by atoms with Gasteiger partial charge in [0, 0.05) is 5.92 Å². The summed E-state index contributed by atoms with van der Waals surface area (Å²) >= 11 is 0. The van der Waals surface area contributed by atoms with E-state index >= 15 is 0 Å². The minimum atomic E-state index is 0. The highest BCUT2D eigenvalue weighted by Crippen LogP contribution is 2.31. The molecule has 0 aliphatic heterocycles. The maximum Gasteiger partial charge on any atom is 0.240 e. The summed E-state index contributed by atoms with van der Waals surface area (Å²) < 4.78 is 4.94. The van der Waals surface area contributed by atoms with Crippen LogP contribution >= 0.6 is 12.4 Å². The number of rotatable bonds is 2. The van der Waals surface area contributed by atoms with E-state index < -0.39 is 0 Å². The van der Waals surface area contributed by atoms with Gasteiger partial charge in [0.1, 0.15) is 0 Å². The van der Waals surface area contributed by atoms with Crippen molar-refractivity contribution in [3.8, 4) is 0 Å². The Hall–Kier alpha value is -0.610. The van der Waals surface area contributed by atoms with E-state index in [0.29, 0.717) is 18.4 Å². The van der Waals surface area contributed by atoms with Gasteiger partial charge in [0.05, 0.1) is 6.54 Å². The van der Waals surface area contributed by atoms with Crippen LogP contribution in [0.1, 0.15) is 43.3 Å². The Bertz CT molecular complexity index is 258. The highest BCUT2D eigenvalue weighted by Gasteiger charge is 2.21. The van der Waals surface area contributed by atoms with Crippen molar-refractivity contribution in [2.24, 2.45) is 5.73 Å². The first kappa shape index (κ1) is 10.5. The molecule has 0 radical (unpaired) electrons. The molecule has 1 fully saturated rings. The monoisotopic (exact) mass is 203 g/mol. The van der Waals surface area contributed by atoms with Crippen LogP contribution in [0.15, 0.2) is 4.52 Å². The van der Waals surface area contributed by atoms with Gasteiger partial charge < -0.3 is 10.3 Å². The lowest BCUT2D eigenvalue weighted by molar-refractivity contribution is 0.371. The predicted octanol–water partition coefficient (Wildman–Crippen LogP) is 1.61. The third kappa shape index (κ3) is 2.19. The van der Waals surface area contributed by atoms with Gasteiger partial charge in [-0.2, -0.15) is 4.98 Å². The fourth-order valence-electron chi connectivity index (χ4n) is 1.70. The third-order valence-corrected chi connectivity index (χ3v) is 2.38. The first-order valence-corrected chi connectivity index (χ1v) is 4.42. The zero-order chi connectivity index (χ0) is 8.39. The number of halogens is 1. The van der Waals surface area contributed by atoms with Crippen molar-refractivity contribution in [1.82, 2.24) is 10.1 Å². The van der Waals surface area contributed by atoms with E-state index in [9.17, 15) is 0 Å². The molecule has 0 bridgehead atoms. The van der Waals surface area contributed by atoms with Crippen LogP contribution in [0, 0.1) is 0 Å². The van der Waals surface area contributed by atoms with Crippen molar-refractivity contribution >= 4 is 12.4 Å². The minimum absolute atomic E-state index is 0. The molecule has 0 saturated heterocycles. The molecule has 1 aromatic rings. The number of hydrogen-bond donors (Lipinski definition) is 1. The largest absolute Gasteiger partial charge is 0.338 e. The summed E-state index contributed by atoms with van der Waals surface area (Å²) in [5.41, 5.74) is 5.37. The fraction of sp³-hybridized carbons (Fsp3) is 0.750. The molecule has 0 aromatic carbocycles. The van der Waals surface area contributed by atoms with Gasteiger partial charge in [-0.3, -0.25) is 0 Å². The number of hydrogen-bond acceptors (Lipinski definition) is 4. The summed E-state index contributed by atoms with van der Waals surface area (Å²) in [6.07, 6.45) is 4.97. The van der Waals surface area contributed by atoms with Crippen LogP contribution in [0.25, 0.3) is 0 Å². The molecule has 5 heteroatoms. The maximum atomic E-state index is 5.37. The second kappa shape index (κ2) is 4.58. The van der Waals surface area contributed by atoms with Gasteiger partial charge in [-0.15, -0.1) is 12.4 Å². The Labute approximate surface area is 83.3 Å². The Kier molecular flexibility index (Phi) is 3.69. The van der Waals surface area contributed by atoms with Crippen molar-refractivity contribution in [1.29, 1.82) is 0 Å². The molecule has 2 N–H and O–H groups in total. The molecule has 1 aromatic heterocycles. The van der Waals surface area contributed by atoms with Gasteiger partial charge in [0.25, 0.3) is 0 Å². The van der Waals surface area contributed by atoms with Gasteiger partial charge in [0.2, 0.25) is 5.89 Å². The lowest BCUT2D eigenvalue weighted by Crippen LogP contribution is -1.98. The summed E-state index contributed by atoms with van der Waals surface area (Å²) in [6, 6.07) is 0. The molecule has 0 spiro atoms. The standard InChI is InChI=1S/C8H13N3O.ClH/c9-5-7-10-8(11-12-7)6-3-1-2-4-6;/h6H,1-5,9H2;1H. The zero-order valence-corrected chi connectivity index (χ0v) is 8.22. The molecule has 1 aliphatic carbocycles. The summed E-state index contributed by atoms with van der Waals surface area (Å²) in [5, 5.41) is 3.90. The van der Waals surface area contributed by atoms with E-state index in [1.54, 1.807) is 0 Å². The lowest BCUT2D eigenvalue weighted by atomic mass is 10.1. The highest BCUT2D eigenvalue weighted by atomic mass is 35.5. The SMILES string of the molecule is Cl.NCc1nc(C2CCCC2)no1. The van der Waals surface area contributed by atoms with E-state index in [2.05, 4.69) is 10.1 Å². The number of nitrogens with zero attached hydrogens (tertiary/aromatic N) is 2. The van der Waals surface area contributed by atoms with E-state index in [1.807, 2.05) is 0 Å². The van der Waals surface area contributed by atoms with Gasteiger partial charge in [-0.25, -0.2) is 0 Å². The second-order valence-electron chi connectivity index (χ2n) is 3.23. The van der Waals surface area contributed by atoms with Crippen LogP contribution in [-0.4, -0.2) is 10.1 Å². The third-order valence-electron chi connectivity index (χ3n) is 2.38. The first-order valence-electron chi connectivity index (χ1n) is 4.42. The maximum absolute atomic E-state index is 5.37. The molecule has 0 unspecified atom stereocenters. The van der Waals surface area contributed by atoms with Crippen LogP contribution in [0.4, 0.5) is 0 Å². The van der Waals surface area contributed by atoms with Gasteiger partial charge in [-0.05, 0) is 12.8 Å². The highest BCUT2D eigenvalue weighted by molar-refractivity contribution is 5.85. The zero-order valence-electron chi connectivity index (χ0n) is 7.40. The molecular formula is C8H14ClN3O. The van der Waals surface area contributed by atoms with Gasteiger partial charge in [-0.1, -0.05) is 18.0 Å². The first-order chi connectivity index (χ1) is 5.90. The number of aromatic nitrogens is 2. The molecule has 2 rings (SSSR count). The fourth-order valence-corrected chi connectivity index (χ4v) is 1.70. The van der Waals surface area contributed by atoms with Crippen LogP contribution in [0.5, 0.6) is 0 Å². The van der Waals surface area contributed by atoms with Gasteiger partial charge >= 0.3 is 0 Å². The van der Waals surface area contributed by atoms with Crippen LogP contribution in [-0.2, 0) is 6.54 Å². The van der Waals surface area contributed by atoms with Crippen molar-refractivity contribution in [2.75, 3.05) is 0 Å². The Morgan fingerprint density at radius 1 is 1.38 bits per heavy atom. The van der Waals surface area contributed by atoms with Crippen LogP contribution < -0.4 is 5.73 Å².